The Balaban J connectivity index is 1.95. The fourth-order valence-corrected chi connectivity index (χ4v) is 3.02. The van der Waals surface area contributed by atoms with E-state index in [2.05, 4.69) is 4.98 Å². The number of ether oxygens (including phenoxy) is 1. The van der Waals surface area contributed by atoms with Gasteiger partial charge in [0.1, 0.15) is 10.8 Å². The van der Waals surface area contributed by atoms with E-state index in [1.54, 1.807) is 18.9 Å². The van der Waals surface area contributed by atoms with E-state index in [4.69, 9.17) is 9.84 Å². The number of rotatable bonds is 4. The average Bonchev–Trinajstić information content (AvgIpc) is 2.55. The van der Waals surface area contributed by atoms with Crippen molar-refractivity contribution in [2.75, 3.05) is 7.11 Å². The van der Waals surface area contributed by atoms with Crippen molar-refractivity contribution in [2.24, 2.45) is 0 Å². The van der Waals surface area contributed by atoms with Crippen LogP contribution in [-0.4, -0.2) is 17.2 Å². The number of nitrogens with zero attached hydrogens (tertiary/aromatic N) is 1. The minimum absolute atomic E-state index is 0.0667. The summed E-state index contributed by atoms with van der Waals surface area (Å²) in [5, 5.41) is 12.3. The predicted octanol–water partition coefficient (Wildman–Crippen LogP) is 3.89. The van der Waals surface area contributed by atoms with Crippen LogP contribution in [0.25, 0.3) is 10.8 Å². The van der Waals surface area contributed by atoms with Crippen LogP contribution in [0.4, 0.5) is 0 Å². The molecule has 0 fully saturated rings. The summed E-state index contributed by atoms with van der Waals surface area (Å²) >= 11 is 1.62. The van der Waals surface area contributed by atoms with Crippen molar-refractivity contribution in [3.05, 3.63) is 60.3 Å². The van der Waals surface area contributed by atoms with Gasteiger partial charge in [0, 0.05) is 16.5 Å². The zero-order valence-corrected chi connectivity index (χ0v) is 12.4. The fourth-order valence-electron chi connectivity index (χ4n) is 2.11. The van der Waals surface area contributed by atoms with Crippen LogP contribution in [-0.2, 0) is 6.61 Å². The first-order chi connectivity index (χ1) is 10.3. The molecule has 0 saturated heterocycles. The number of pyridine rings is 1. The third-order valence-electron chi connectivity index (χ3n) is 3.26. The summed E-state index contributed by atoms with van der Waals surface area (Å²) in [6.07, 6.45) is 1.81. The van der Waals surface area contributed by atoms with E-state index >= 15 is 0 Å². The Morgan fingerprint density at radius 1 is 1.10 bits per heavy atom. The highest BCUT2D eigenvalue weighted by atomic mass is 32.2. The zero-order chi connectivity index (χ0) is 14.7. The van der Waals surface area contributed by atoms with Crippen molar-refractivity contribution < 1.29 is 9.84 Å². The van der Waals surface area contributed by atoms with E-state index < -0.39 is 0 Å². The van der Waals surface area contributed by atoms with Crippen LogP contribution in [0.5, 0.6) is 5.75 Å². The topological polar surface area (TPSA) is 42.4 Å². The van der Waals surface area contributed by atoms with Crippen molar-refractivity contribution in [3.8, 4) is 5.75 Å². The Hall–Kier alpha value is -2.04. The second kappa shape index (κ2) is 6.16. The minimum atomic E-state index is 0.0667. The molecule has 1 aromatic heterocycles. The monoisotopic (exact) mass is 297 g/mol. The van der Waals surface area contributed by atoms with E-state index in [-0.39, 0.29) is 6.61 Å². The highest BCUT2D eigenvalue weighted by molar-refractivity contribution is 7.99. The summed E-state index contributed by atoms with van der Waals surface area (Å²) in [4.78, 5) is 5.57. The van der Waals surface area contributed by atoms with Gasteiger partial charge in [-0.15, -0.1) is 0 Å². The van der Waals surface area contributed by atoms with Gasteiger partial charge in [0.25, 0.3) is 0 Å². The summed E-state index contributed by atoms with van der Waals surface area (Å²) in [7, 11) is 1.67. The highest BCUT2D eigenvalue weighted by Crippen LogP contribution is 2.33. The average molecular weight is 297 g/mol. The van der Waals surface area contributed by atoms with Gasteiger partial charge in [0.15, 0.2) is 0 Å². The van der Waals surface area contributed by atoms with Crippen molar-refractivity contribution >= 4 is 22.5 Å². The summed E-state index contributed by atoms with van der Waals surface area (Å²) in [6.45, 7) is 0.0667. The summed E-state index contributed by atoms with van der Waals surface area (Å²) in [6, 6.07) is 15.8. The minimum Gasteiger partial charge on any atom is -0.497 e. The maximum atomic E-state index is 9.08. The number of hydrogen-bond donors (Lipinski definition) is 1. The first-order valence-corrected chi connectivity index (χ1v) is 7.42. The van der Waals surface area contributed by atoms with E-state index in [1.807, 2.05) is 54.7 Å². The molecule has 0 unspecified atom stereocenters. The Morgan fingerprint density at radius 2 is 1.90 bits per heavy atom. The quantitative estimate of drug-likeness (QED) is 0.793. The van der Waals surface area contributed by atoms with Crippen LogP contribution in [0.15, 0.2) is 64.6 Å². The molecule has 0 aliphatic rings. The van der Waals surface area contributed by atoms with Crippen molar-refractivity contribution in [1.82, 2.24) is 4.98 Å². The fraction of sp³-hybridized carbons (Fsp3) is 0.118. The lowest BCUT2D eigenvalue weighted by Crippen LogP contribution is -1.87. The van der Waals surface area contributed by atoms with Crippen LogP contribution in [0.1, 0.15) is 5.56 Å². The smallest absolute Gasteiger partial charge is 0.119 e. The molecular formula is C17H15NO2S. The second-order valence-corrected chi connectivity index (χ2v) is 5.67. The predicted molar refractivity (Wildman–Crippen MR) is 84.8 cm³/mol. The van der Waals surface area contributed by atoms with Gasteiger partial charge < -0.3 is 9.84 Å². The number of hydrogen-bond acceptors (Lipinski definition) is 4. The van der Waals surface area contributed by atoms with Crippen molar-refractivity contribution in [2.45, 2.75) is 16.5 Å². The molecule has 0 atom stereocenters. The maximum Gasteiger partial charge on any atom is 0.119 e. The number of benzene rings is 2. The molecule has 106 valence electrons. The lowest BCUT2D eigenvalue weighted by atomic mass is 10.2. The van der Waals surface area contributed by atoms with Crippen LogP contribution >= 0.6 is 11.8 Å². The van der Waals surface area contributed by atoms with Crippen LogP contribution < -0.4 is 4.74 Å². The van der Waals surface area contributed by atoms with Gasteiger partial charge in [0.05, 0.1) is 13.7 Å². The van der Waals surface area contributed by atoms with Gasteiger partial charge in [-0.25, -0.2) is 4.98 Å². The summed E-state index contributed by atoms with van der Waals surface area (Å²) < 4.78 is 5.26. The van der Waals surface area contributed by atoms with E-state index in [0.29, 0.717) is 0 Å². The van der Waals surface area contributed by atoms with Gasteiger partial charge in [-0.05, 0) is 47.3 Å². The Bertz CT molecular complexity index is 756. The zero-order valence-electron chi connectivity index (χ0n) is 11.6. The molecule has 0 saturated carbocycles. The molecule has 1 N–H and O–H groups in total. The Labute approximate surface area is 127 Å². The largest absolute Gasteiger partial charge is 0.497 e. The molecule has 0 aliphatic heterocycles. The van der Waals surface area contributed by atoms with Crippen LogP contribution in [0.3, 0.4) is 0 Å². The number of aromatic nitrogens is 1. The number of fused-ring (bicyclic) bond motifs is 1. The number of methoxy groups -OCH3 is 1. The number of aliphatic hydroxyl groups excluding tert-OH is 1. The molecular weight excluding hydrogens is 282 g/mol. The molecule has 0 radical (unpaired) electrons. The van der Waals surface area contributed by atoms with Gasteiger partial charge >= 0.3 is 0 Å². The molecule has 0 aliphatic carbocycles. The molecule has 3 rings (SSSR count). The summed E-state index contributed by atoms with van der Waals surface area (Å²) in [5.41, 5.74) is 0.912. The molecule has 1 heterocycles. The standard InChI is InChI=1S/C17H15NO2S/c1-20-14-4-7-16-13(10-14)8-9-18-17(16)21-15-5-2-12(11-19)3-6-15/h2-10,19H,11H2,1H3. The molecule has 0 spiro atoms. The van der Waals surface area contributed by atoms with E-state index in [9.17, 15) is 0 Å². The Morgan fingerprint density at radius 3 is 2.62 bits per heavy atom. The number of aliphatic hydroxyl groups is 1. The second-order valence-electron chi connectivity index (χ2n) is 4.61. The van der Waals surface area contributed by atoms with Gasteiger partial charge in [-0.2, -0.15) is 0 Å². The molecule has 3 aromatic rings. The summed E-state index contributed by atoms with van der Waals surface area (Å²) in [5.74, 6) is 0.844. The first kappa shape index (κ1) is 13.9. The highest BCUT2D eigenvalue weighted by Gasteiger charge is 2.06. The third kappa shape index (κ3) is 3.01. The van der Waals surface area contributed by atoms with Crippen LogP contribution in [0, 0.1) is 0 Å². The molecule has 4 heteroatoms. The normalized spacial score (nSPS) is 10.8. The van der Waals surface area contributed by atoms with Crippen LogP contribution in [0.2, 0.25) is 0 Å². The molecule has 3 nitrogen and oxygen atoms in total. The SMILES string of the molecule is COc1ccc2c(Sc3ccc(CO)cc3)nccc2c1. The van der Waals surface area contributed by atoms with E-state index in [1.165, 1.54) is 0 Å². The van der Waals surface area contributed by atoms with Gasteiger partial charge in [-0.1, -0.05) is 23.9 Å². The van der Waals surface area contributed by atoms with Crippen molar-refractivity contribution in [1.29, 1.82) is 0 Å². The van der Waals surface area contributed by atoms with Crippen molar-refractivity contribution in [3.63, 3.8) is 0 Å². The van der Waals surface area contributed by atoms with Gasteiger partial charge in [-0.3, -0.25) is 0 Å². The maximum absolute atomic E-state index is 9.08. The molecule has 21 heavy (non-hydrogen) atoms. The lowest BCUT2D eigenvalue weighted by molar-refractivity contribution is 0.282. The first-order valence-electron chi connectivity index (χ1n) is 6.60. The Kier molecular flexibility index (Phi) is 4.08. The third-order valence-corrected chi connectivity index (χ3v) is 4.28. The molecule has 0 bridgehead atoms. The van der Waals surface area contributed by atoms with Gasteiger partial charge in [0.2, 0.25) is 0 Å². The lowest BCUT2D eigenvalue weighted by Gasteiger charge is -2.07. The molecule has 0 amide bonds. The molecule has 2 aromatic carbocycles. The van der Waals surface area contributed by atoms with E-state index in [0.717, 1.165) is 32.0 Å².